The van der Waals surface area contributed by atoms with Crippen molar-refractivity contribution in [3.05, 3.63) is 59.2 Å². The molecule has 144 valence electrons. The van der Waals surface area contributed by atoms with Crippen molar-refractivity contribution in [1.82, 2.24) is 0 Å². The van der Waals surface area contributed by atoms with Crippen LogP contribution in [-0.4, -0.2) is 25.9 Å². The maximum absolute atomic E-state index is 12.4. The third-order valence-corrected chi connectivity index (χ3v) is 5.63. The number of carbonyl (C=O) groups excluding carboxylic acids is 2. The van der Waals surface area contributed by atoms with E-state index in [1.165, 1.54) is 6.92 Å². The Labute approximate surface area is 160 Å². The highest BCUT2D eigenvalue weighted by atomic mass is 32.2. The van der Waals surface area contributed by atoms with Gasteiger partial charge in [-0.15, -0.1) is 0 Å². The predicted octanol–water partition coefficient (Wildman–Crippen LogP) is 3.52. The van der Waals surface area contributed by atoms with Crippen LogP contribution in [0.2, 0.25) is 0 Å². The van der Waals surface area contributed by atoms with E-state index in [2.05, 4.69) is 10.0 Å². The van der Waals surface area contributed by atoms with E-state index in [0.717, 1.165) is 11.1 Å². The van der Waals surface area contributed by atoms with Gasteiger partial charge in [0.2, 0.25) is 15.9 Å². The minimum Gasteiger partial charge on any atom is -0.326 e. The van der Waals surface area contributed by atoms with Gasteiger partial charge >= 0.3 is 0 Å². The van der Waals surface area contributed by atoms with E-state index >= 15 is 0 Å². The first-order valence-corrected chi connectivity index (χ1v) is 10.2. The largest absolute Gasteiger partial charge is 0.326 e. The third kappa shape index (κ3) is 5.92. The minimum atomic E-state index is -3.68. The average molecular weight is 388 g/mol. The van der Waals surface area contributed by atoms with Crippen molar-refractivity contribution in [3.63, 3.8) is 0 Å². The molecule has 2 N–H and O–H groups in total. The lowest BCUT2D eigenvalue weighted by Gasteiger charge is -2.15. The fourth-order valence-electron chi connectivity index (χ4n) is 2.48. The second kappa shape index (κ2) is 8.35. The van der Waals surface area contributed by atoms with Crippen molar-refractivity contribution >= 4 is 33.1 Å². The Bertz CT molecular complexity index is 950. The molecule has 0 aromatic heterocycles. The third-order valence-electron chi connectivity index (χ3n) is 4.14. The van der Waals surface area contributed by atoms with E-state index in [0.29, 0.717) is 16.9 Å². The van der Waals surface area contributed by atoms with E-state index < -0.39 is 21.8 Å². The molecule has 1 atom stereocenters. The van der Waals surface area contributed by atoms with Crippen LogP contribution < -0.4 is 10.0 Å². The Hall–Kier alpha value is -2.67. The summed E-state index contributed by atoms with van der Waals surface area (Å²) in [5.74, 6) is -1.65. The molecule has 0 saturated carbocycles. The standard InChI is InChI=1S/C20H24N2O4S/c1-13-5-9-18(10-6-13)22-27(25,26)12-15(3)20(24)21-19-11-17(16(4)23)8-7-14(19)2/h5-11,15,22H,12H2,1-4H3,(H,21,24). The Morgan fingerprint density at radius 1 is 1.04 bits per heavy atom. The molecule has 0 aliphatic carbocycles. The molecule has 1 unspecified atom stereocenters. The maximum Gasteiger partial charge on any atom is 0.233 e. The summed E-state index contributed by atoms with van der Waals surface area (Å²) < 4.78 is 27.1. The summed E-state index contributed by atoms with van der Waals surface area (Å²) in [7, 11) is -3.68. The zero-order chi connectivity index (χ0) is 20.2. The molecule has 0 spiro atoms. The van der Waals surface area contributed by atoms with E-state index in [9.17, 15) is 18.0 Å². The van der Waals surface area contributed by atoms with E-state index in [1.807, 2.05) is 6.92 Å². The molecule has 27 heavy (non-hydrogen) atoms. The Kier molecular flexibility index (Phi) is 6.38. The van der Waals surface area contributed by atoms with Gasteiger partial charge in [-0.05, 0) is 44.5 Å². The summed E-state index contributed by atoms with van der Waals surface area (Å²) >= 11 is 0. The highest BCUT2D eigenvalue weighted by Crippen LogP contribution is 2.19. The molecule has 0 bridgehead atoms. The van der Waals surface area contributed by atoms with Crippen molar-refractivity contribution in [3.8, 4) is 0 Å². The number of sulfonamides is 1. The van der Waals surface area contributed by atoms with Crippen LogP contribution >= 0.6 is 0 Å². The molecular weight excluding hydrogens is 364 g/mol. The first-order chi connectivity index (χ1) is 12.6. The van der Waals surface area contributed by atoms with Crippen molar-refractivity contribution in [2.75, 3.05) is 15.8 Å². The number of hydrogen-bond acceptors (Lipinski definition) is 4. The number of rotatable bonds is 7. The van der Waals surface area contributed by atoms with Gasteiger partial charge in [0.15, 0.2) is 5.78 Å². The highest BCUT2D eigenvalue weighted by molar-refractivity contribution is 7.92. The number of benzene rings is 2. The molecule has 0 fully saturated rings. The molecule has 0 radical (unpaired) electrons. The number of hydrogen-bond donors (Lipinski definition) is 2. The second-order valence-electron chi connectivity index (χ2n) is 6.73. The number of anilines is 2. The summed E-state index contributed by atoms with van der Waals surface area (Å²) in [6.45, 7) is 6.71. The van der Waals surface area contributed by atoms with E-state index in [1.54, 1.807) is 56.3 Å². The Morgan fingerprint density at radius 2 is 1.67 bits per heavy atom. The SMILES string of the molecule is CC(=O)c1ccc(C)c(NC(=O)C(C)CS(=O)(=O)Nc2ccc(C)cc2)c1. The normalized spacial score (nSPS) is 12.3. The van der Waals surface area contributed by atoms with Gasteiger partial charge in [-0.25, -0.2) is 8.42 Å². The number of carbonyl (C=O) groups is 2. The summed E-state index contributed by atoms with van der Waals surface area (Å²) in [5.41, 5.74) is 3.26. The van der Waals surface area contributed by atoms with Gasteiger partial charge in [-0.1, -0.05) is 36.8 Å². The first-order valence-electron chi connectivity index (χ1n) is 8.57. The molecule has 2 rings (SSSR count). The number of amides is 1. The molecule has 2 aromatic rings. The van der Waals surface area contributed by atoms with Gasteiger partial charge in [-0.2, -0.15) is 0 Å². The quantitative estimate of drug-likeness (QED) is 0.710. The average Bonchev–Trinajstić information content (AvgIpc) is 2.58. The molecule has 6 nitrogen and oxygen atoms in total. The van der Waals surface area contributed by atoms with Crippen molar-refractivity contribution in [2.45, 2.75) is 27.7 Å². The molecule has 2 aromatic carbocycles. The fourth-order valence-corrected chi connectivity index (χ4v) is 3.87. The summed E-state index contributed by atoms with van der Waals surface area (Å²) in [5, 5.41) is 2.72. The lowest BCUT2D eigenvalue weighted by molar-refractivity contribution is -0.118. The van der Waals surface area contributed by atoms with Crippen LogP contribution in [-0.2, 0) is 14.8 Å². The summed E-state index contributed by atoms with van der Waals surface area (Å²) in [6, 6.07) is 12.0. The van der Waals surface area contributed by atoms with Crippen molar-refractivity contribution in [2.24, 2.45) is 5.92 Å². The van der Waals surface area contributed by atoms with Crippen LogP contribution in [0.25, 0.3) is 0 Å². The van der Waals surface area contributed by atoms with Gasteiger partial charge in [-0.3, -0.25) is 14.3 Å². The van der Waals surface area contributed by atoms with Crippen LogP contribution in [0.15, 0.2) is 42.5 Å². The van der Waals surface area contributed by atoms with Gasteiger partial charge in [0.1, 0.15) is 0 Å². The minimum absolute atomic E-state index is 0.108. The fraction of sp³-hybridized carbons (Fsp3) is 0.300. The van der Waals surface area contributed by atoms with Crippen LogP contribution in [0.3, 0.4) is 0 Å². The summed E-state index contributed by atoms with van der Waals surface area (Å²) in [6.07, 6.45) is 0. The predicted molar refractivity (Wildman–Crippen MR) is 108 cm³/mol. The molecule has 0 aliphatic rings. The lowest BCUT2D eigenvalue weighted by Crippen LogP contribution is -2.30. The number of Topliss-reactive ketones (excluding diaryl/α,β-unsaturated/α-hetero) is 1. The zero-order valence-electron chi connectivity index (χ0n) is 15.9. The van der Waals surface area contributed by atoms with Gasteiger partial charge in [0.25, 0.3) is 0 Å². The monoisotopic (exact) mass is 388 g/mol. The van der Waals surface area contributed by atoms with Crippen LogP contribution in [0, 0.1) is 19.8 Å². The zero-order valence-corrected chi connectivity index (χ0v) is 16.7. The van der Waals surface area contributed by atoms with Crippen molar-refractivity contribution < 1.29 is 18.0 Å². The molecule has 7 heteroatoms. The van der Waals surface area contributed by atoms with Gasteiger partial charge < -0.3 is 5.32 Å². The number of ketones is 1. The van der Waals surface area contributed by atoms with Gasteiger partial charge in [0, 0.05) is 16.9 Å². The topological polar surface area (TPSA) is 92.3 Å². The Balaban J connectivity index is 2.05. The summed E-state index contributed by atoms with van der Waals surface area (Å²) in [4.78, 5) is 23.9. The number of nitrogens with one attached hydrogen (secondary N) is 2. The van der Waals surface area contributed by atoms with Crippen LogP contribution in [0.1, 0.15) is 35.3 Å². The molecule has 0 aliphatic heterocycles. The van der Waals surface area contributed by atoms with E-state index in [4.69, 9.17) is 0 Å². The molecule has 0 saturated heterocycles. The second-order valence-corrected chi connectivity index (χ2v) is 8.49. The lowest BCUT2D eigenvalue weighted by atomic mass is 10.1. The maximum atomic E-state index is 12.4. The molecule has 1 amide bonds. The first kappa shape index (κ1) is 20.6. The molecule has 0 heterocycles. The Morgan fingerprint density at radius 3 is 2.26 bits per heavy atom. The number of aryl methyl sites for hydroxylation is 2. The molecular formula is C20H24N2O4S. The van der Waals surface area contributed by atoms with E-state index in [-0.39, 0.29) is 11.5 Å². The highest BCUT2D eigenvalue weighted by Gasteiger charge is 2.22. The smallest absolute Gasteiger partial charge is 0.233 e. The van der Waals surface area contributed by atoms with Gasteiger partial charge in [0.05, 0.1) is 11.7 Å². The van der Waals surface area contributed by atoms with Crippen LogP contribution in [0.4, 0.5) is 11.4 Å². The van der Waals surface area contributed by atoms with Crippen LogP contribution in [0.5, 0.6) is 0 Å². The van der Waals surface area contributed by atoms with Crippen molar-refractivity contribution in [1.29, 1.82) is 0 Å².